The average molecular weight is 219 g/mol. The summed E-state index contributed by atoms with van der Waals surface area (Å²) in [7, 11) is 0. The lowest BCUT2D eigenvalue weighted by Crippen LogP contribution is -1.82. The van der Waals surface area contributed by atoms with Crippen LogP contribution in [0.5, 0.6) is 0 Å². The molecule has 1 aromatic carbocycles. The molecular formula is C11H7ClN2O. The predicted molar refractivity (Wildman–Crippen MR) is 58.3 cm³/mol. The molecule has 0 fully saturated rings. The zero-order valence-electron chi connectivity index (χ0n) is 7.70. The maximum atomic E-state index is 8.71. The highest BCUT2D eigenvalue weighted by Gasteiger charge is 2.08. The Balaban J connectivity index is 2.46. The Hall–Kier alpha value is -1.92. The highest BCUT2D eigenvalue weighted by atomic mass is 35.5. The zero-order chi connectivity index (χ0) is 10.8. The van der Waals surface area contributed by atoms with Crippen LogP contribution in [0.1, 0.15) is 5.56 Å². The Morgan fingerprint density at radius 1 is 1.27 bits per heavy atom. The number of nitrogens with zero attached hydrogens (tertiary/aromatic N) is 1. The molecule has 0 saturated carbocycles. The number of benzene rings is 1. The van der Waals surface area contributed by atoms with Crippen molar-refractivity contribution in [1.82, 2.24) is 0 Å². The van der Waals surface area contributed by atoms with Gasteiger partial charge in [-0.15, -0.1) is 0 Å². The van der Waals surface area contributed by atoms with E-state index in [0.717, 1.165) is 5.56 Å². The van der Waals surface area contributed by atoms with Crippen LogP contribution in [-0.4, -0.2) is 0 Å². The summed E-state index contributed by atoms with van der Waals surface area (Å²) in [5, 5.41) is 9.36. The predicted octanol–water partition coefficient (Wildman–Crippen LogP) is 3.05. The fraction of sp³-hybridized carbons (Fsp3) is 0. The number of nitriles is 1. The Labute approximate surface area is 91.7 Å². The summed E-state index contributed by atoms with van der Waals surface area (Å²) >= 11 is 5.76. The molecule has 2 aromatic rings. The highest BCUT2D eigenvalue weighted by Crippen LogP contribution is 2.27. The van der Waals surface area contributed by atoms with E-state index in [0.29, 0.717) is 16.3 Å². The van der Waals surface area contributed by atoms with Crippen LogP contribution in [0.4, 0.5) is 5.88 Å². The quantitative estimate of drug-likeness (QED) is 0.800. The van der Waals surface area contributed by atoms with Gasteiger partial charge in [-0.05, 0) is 24.3 Å². The van der Waals surface area contributed by atoms with Crippen LogP contribution in [0.2, 0.25) is 5.02 Å². The molecule has 0 saturated heterocycles. The van der Waals surface area contributed by atoms with Crippen molar-refractivity contribution in [2.45, 2.75) is 0 Å². The van der Waals surface area contributed by atoms with Gasteiger partial charge in [-0.2, -0.15) is 5.26 Å². The van der Waals surface area contributed by atoms with Gasteiger partial charge in [0, 0.05) is 16.7 Å². The highest BCUT2D eigenvalue weighted by molar-refractivity contribution is 6.30. The van der Waals surface area contributed by atoms with Crippen molar-refractivity contribution >= 4 is 17.5 Å². The first-order chi connectivity index (χ1) is 7.20. The second kappa shape index (κ2) is 3.68. The van der Waals surface area contributed by atoms with Crippen molar-refractivity contribution in [3.05, 3.63) is 40.9 Å². The molecule has 0 aliphatic rings. The zero-order valence-corrected chi connectivity index (χ0v) is 8.45. The number of nitrogens with two attached hydrogens (primary N) is 1. The fourth-order valence-electron chi connectivity index (χ4n) is 1.25. The van der Waals surface area contributed by atoms with Gasteiger partial charge in [0.2, 0.25) is 5.88 Å². The summed E-state index contributed by atoms with van der Waals surface area (Å²) < 4.78 is 5.24. The van der Waals surface area contributed by atoms with E-state index in [4.69, 9.17) is 27.0 Å². The van der Waals surface area contributed by atoms with Crippen molar-refractivity contribution in [2.75, 3.05) is 5.73 Å². The molecule has 0 aliphatic heterocycles. The Morgan fingerprint density at radius 2 is 1.93 bits per heavy atom. The maximum Gasteiger partial charge on any atom is 0.208 e. The summed E-state index contributed by atoms with van der Waals surface area (Å²) in [6.45, 7) is 0. The van der Waals surface area contributed by atoms with Crippen LogP contribution in [0, 0.1) is 11.3 Å². The molecule has 2 rings (SSSR count). The largest absolute Gasteiger partial charge is 0.440 e. The lowest BCUT2D eigenvalue weighted by Gasteiger charge is -1.95. The number of hydrogen-bond acceptors (Lipinski definition) is 3. The number of hydrogen-bond donors (Lipinski definition) is 1. The first-order valence-corrected chi connectivity index (χ1v) is 4.64. The van der Waals surface area contributed by atoms with E-state index in [1.807, 2.05) is 18.2 Å². The van der Waals surface area contributed by atoms with E-state index in [9.17, 15) is 0 Å². The lowest BCUT2D eigenvalue weighted by atomic mass is 10.1. The van der Waals surface area contributed by atoms with Gasteiger partial charge in [-0.25, -0.2) is 0 Å². The molecule has 0 radical (unpaired) electrons. The summed E-state index contributed by atoms with van der Waals surface area (Å²) in [5.41, 5.74) is 6.69. The molecule has 0 bridgehead atoms. The third-order valence-electron chi connectivity index (χ3n) is 2.01. The third kappa shape index (κ3) is 1.80. The summed E-state index contributed by atoms with van der Waals surface area (Å²) in [6, 6.07) is 10.7. The Bertz CT molecular complexity index is 523. The first-order valence-electron chi connectivity index (χ1n) is 4.26. The molecule has 1 heterocycles. The van der Waals surface area contributed by atoms with Gasteiger partial charge in [-0.1, -0.05) is 11.6 Å². The normalized spacial score (nSPS) is 9.87. The van der Waals surface area contributed by atoms with Crippen molar-refractivity contribution in [3.63, 3.8) is 0 Å². The van der Waals surface area contributed by atoms with Gasteiger partial charge in [0.25, 0.3) is 0 Å². The molecule has 3 nitrogen and oxygen atoms in total. The van der Waals surface area contributed by atoms with E-state index in [2.05, 4.69) is 0 Å². The molecule has 74 valence electrons. The topological polar surface area (TPSA) is 63.0 Å². The molecule has 0 aliphatic carbocycles. The van der Waals surface area contributed by atoms with Gasteiger partial charge in [-0.3, -0.25) is 0 Å². The Morgan fingerprint density at radius 3 is 2.47 bits per heavy atom. The van der Waals surface area contributed by atoms with Crippen molar-refractivity contribution in [2.24, 2.45) is 0 Å². The number of anilines is 1. The van der Waals surface area contributed by atoms with Crippen LogP contribution >= 0.6 is 11.6 Å². The Kier molecular flexibility index (Phi) is 2.36. The van der Waals surface area contributed by atoms with Crippen LogP contribution in [0.25, 0.3) is 11.3 Å². The molecular weight excluding hydrogens is 212 g/mol. The van der Waals surface area contributed by atoms with Gasteiger partial charge < -0.3 is 10.2 Å². The minimum absolute atomic E-state index is 0.141. The molecule has 0 atom stereocenters. The van der Waals surface area contributed by atoms with Gasteiger partial charge in [0.1, 0.15) is 17.4 Å². The van der Waals surface area contributed by atoms with Crippen LogP contribution in [0.15, 0.2) is 34.7 Å². The lowest BCUT2D eigenvalue weighted by molar-refractivity contribution is 0.602. The summed E-state index contributed by atoms with van der Waals surface area (Å²) in [6.07, 6.45) is 0. The molecule has 15 heavy (non-hydrogen) atoms. The fourth-order valence-corrected chi connectivity index (χ4v) is 1.37. The molecule has 1 aromatic heterocycles. The van der Waals surface area contributed by atoms with E-state index in [-0.39, 0.29) is 5.88 Å². The molecule has 0 amide bonds. The van der Waals surface area contributed by atoms with Crippen molar-refractivity contribution < 1.29 is 4.42 Å². The van der Waals surface area contributed by atoms with Crippen LogP contribution < -0.4 is 5.73 Å². The second-order valence-corrected chi connectivity index (χ2v) is 3.44. The van der Waals surface area contributed by atoms with Crippen LogP contribution in [-0.2, 0) is 0 Å². The first kappa shape index (κ1) is 9.63. The van der Waals surface area contributed by atoms with Crippen LogP contribution in [0.3, 0.4) is 0 Å². The maximum absolute atomic E-state index is 8.71. The minimum atomic E-state index is 0.141. The van der Waals surface area contributed by atoms with E-state index < -0.39 is 0 Å². The summed E-state index contributed by atoms with van der Waals surface area (Å²) in [4.78, 5) is 0. The third-order valence-corrected chi connectivity index (χ3v) is 2.26. The minimum Gasteiger partial charge on any atom is -0.440 e. The van der Waals surface area contributed by atoms with E-state index >= 15 is 0 Å². The van der Waals surface area contributed by atoms with Gasteiger partial charge >= 0.3 is 0 Å². The standard InChI is InChI=1S/C11H7ClN2O/c12-9-3-1-7(2-4-9)10-5-8(6-13)11(14)15-10/h1-5H,14H2. The molecule has 4 heteroatoms. The molecule has 2 N–H and O–H groups in total. The monoisotopic (exact) mass is 218 g/mol. The molecule has 0 unspecified atom stereocenters. The van der Waals surface area contributed by atoms with Crippen molar-refractivity contribution in [1.29, 1.82) is 5.26 Å². The van der Waals surface area contributed by atoms with Gasteiger partial charge in [0.05, 0.1) is 0 Å². The van der Waals surface area contributed by atoms with E-state index in [1.165, 1.54) is 0 Å². The van der Waals surface area contributed by atoms with Crippen molar-refractivity contribution in [3.8, 4) is 17.4 Å². The molecule has 0 spiro atoms. The van der Waals surface area contributed by atoms with Gasteiger partial charge in [0.15, 0.2) is 0 Å². The second-order valence-electron chi connectivity index (χ2n) is 3.01. The number of rotatable bonds is 1. The SMILES string of the molecule is N#Cc1cc(-c2ccc(Cl)cc2)oc1N. The van der Waals surface area contributed by atoms with E-state index in [1.54, 1.807) is 18.2 Å². The smallest absolute Gasteiger partial charge is 0.208 e. The number of nitrogen functional groups attached to an aromatic ring is 1. The average Bonchev–Trinajstić information content (AvgIpc) is 2.61. The number of halogens is 1. The summed E-state index contributed by atoms with van der Waals surface area (Å²) in [5.74, 6) is 0.711. The number of furan rings is 1.